The Labute approximate surface area is 234 Å². The topological polar surface area (TPSA) is 112 Å². The van der Waals surface area contributed by atoms with Crippen LogP contribution in [-0.4, -0.2) is 37.4 Å². The number of hydrogen-bond donors (Lipinski definition) is 1. The monoisotopic (exact) mass is 550 g/mol. The fraction of sp³-hybridized carbons (Fsp3) is 0.406. The van der Waals surface area contributed by atoms with E-state index in [9.17, 15) is 19.5 Å². The van der Waals surface area contributed by atoms with Gasteiger partial charge in [0.25, 0.3) is 0 Å². The van der Waals surface area contributed by atoms with Crippen LogP contribution in [0.5, 0.6) is 11.5 Å². The lowest BCUT2D eigenvalue weighted by Gasteiger charge is -2.15. The number of unbranched alkanes of at least 4 members (excludes halogenated alkanes) is 3. The van der Waals surface area contributed by atoms with Crippen LogP contribution in [0.2, 0.25) is 0 Å². The van der Waals surface area contributed by atoms with Crippen molar-refractivity contribution in [3.05, 3.63) is 82.2 Å². The third-order valence-electron chi connectivity index (χ3n) is 6.66. The second-order valence-corrected chi connectivity index (χ2v) is 9.52. The van der Waals surface area contributed by atoms with E-state index in [2.05, 4.69) is 11.3 Å². The molecule has 8 heteroatoms. The third-order valence-corrected chi connectivity index (χ3v) is 6.66. The number of allylic oxidation sites excluding steroid dienone is 1. The van der Waals surface area contributed by atoms with Crippen LogP contribution in [0.4, 0.5) is 0 Å². The second kappa shape index (κ2) is 16.1. The summed E-state index contributed by atoms with van der Waals surface area (Å²) in [4.78, 5) is 34.7. The summed E-state index contributed by atoms with van der Waals surface area (Å²) in [5.41, 5.74) is 3.29. The molecular weight excluding hydrogens is 512 g/mol. The van der Waals surface area contributed by atoms with Crippen LogP contribution in [0, 0.1) is 0 Å². The van der Waals surface area contributed by atoms with E-state index in [4.69, 9.17) is 13.9 Å². The van der Waals surface area contributed by atoms with E-state index < -0.39 is 5.97 Å². The minimum absolute atomic E-state index is 0.0267. The molecule has 0 spiro atoms. The standard InChI is InChI=1S/C32H38O8/c1-3-10-26-29(17-15-25-27(33)19-22-40-32(25)26)38-20-7-5-4-6-11-23-12-8-13-28(24(23)16-18-30(34)35)39-21-9-14-31(36)37-2/h3,8,12-13,15,17,19,22H,1,4-7,9-11,14,16,18,20-21H2,2H3,(H,34,35). The number of hydrogen-bond acceptors (Lipinski definition) is 7. The fourth-order valence-electron chi connectivity index (χ4n) is 4.62. The smallest absolute Gasteiger partial charge is 0.305 e. The maximum atomic E-state index is 12.1. The molecule has 0 bridgehead atoms. The van der Waals surface area contributed by atoms with Crippen molar-refractivity contribution in [3.8, 4) is 11.5 Å². The number of benzene rings is 2. The molecule has 0 saturated heterocycles. The quantitative estimate of drug-likeness (QED) is 0.116. The molecule has 0 saturated carbocycles. The molecule has 3 rings (SSSR count). The molecule has 1 N–H and O–H groups in total. The summed E-state index contributed by atoms with van der Waals surface area (Å²) < 4.78 is 22.3. The minimum Gasteiger partial charge on any atom is -0.493 e. The molecule has 2 aromatic carbocycles. The maximum absolute atomic E-state index is 12.1. The molecule has 0 fully saturated rings. The second-order valence-electron chi connectivity index (χ2n) is 9.52. The molecule has 0 aliphatic carbocycles. The normalized spacial score (nSPS) is 10.8. The molecular formula is C32H38O8. The fourth-order valence-corrected chi connectivity index (χ4v) is 4.62. The number of carbonyl (C=O) groups is 2. The number of carboxylic acids is 1. The molecule has 0 aliphatic heterocycles. The molecule has 1 heterocycles. The number of carbonyl (C=O) groups excluding carboxylic acids is 1. The van der Waals surface area contributed by atoms with Crippen molar-refractivity contribution < 1.29 is 33.3 Å². The SMILES string of the molecule is C=CCc1c(OCCCCCCc2cccc(OCCCC(=O)OC)c2CCC(=O)O)ccc2c(=O)ccoc12. The first-order chi connectivity index (χ1) is 19.4. The van der Waals surface area contributed by atoms with Gasteiger partial charge < -0.3 is 23.7 Å². The number of aliphatic carboxylic acids is 1. The first-order valence-corrected chi connectivity index (χ1v) is 13.7. The Morgan fingerprint density at radius 3 is 2.40 bits per heavy atom. The molecule has 8 nitrogen and oxygen atoms in total. The van der Waals surface area contributed by atoms with Gasteiger partial charge in [-0.25, -0.2) is 0 Å². The van der Waals surface area contributed by atoms with Gasteiger partial charge in [0.1, 0.15) is 17.1 Å². The van der Waals surface area contributed by atoms with Crippen LogP contribution in [0.15, 0.2) is 64.5 Å². The highest BCUT2D eigenvalue weighted by molar-refractivity contribution is 5.82. The Morgan fingerprint density at radius 1 is 0.900 bits per heavy atom. The number of ether oxygens (including phenoxy) is 3. The van der Waals surface area contributed by atoms with Crippen LogP contribution >= 0.6 is 0 Å². The van der Waals surface area contributed by atoms with Gasteiger partial charge in [0, 0.05) is 24.5 Å². The van der Waals surface area contributed by atoms with E-state index in [1.165, 1.54) is 19.4 Å². The average molecular weight is 551 g/mol. The van der Waals surface area contributed by atoms with Crippen molar-refractivity contribution in [3.63, 3.8) is 0 Å². The first kappa shape index (κ1) is 30.5. The highest BCUT2D eigenvalue weighted by atomic mass is 16.5. The van der Waals surface area contributed by atoms with Crippen LogP contribution in [-0.2, 0) is 33.6 Å². The Kier molecular flexibility index (Phi) is 12.3. The summed E-state index contributed by atoms with van der Waals surface area (Å²) in [7, 11) is 1.36. The van der Waals surface area contributed by atoms with Crippen molar-refractivity contribution in [1.82, 2.24) is 0 Å². The number of fused-ring (bicyclic) bond motifs is 1. The number of methoxy groups -OCH3 is 1. The van der Waals surface area contributed by atoms with E-state index in [-0.39, 0.29) is 24.2 Å². The summed E-state index contributed by atoms with van der Waals surface area (Å²) in [6.45, 7) is 4.72. The van der Waals surface area contributed by atoms with Gasteiger partial charge in [-0.1, -0.05) is 31.1 Å². The molecule has 0 unspecified atom stereocenters. The van der Waals surface area contributed by atoms with Crippen molar-refractivity contribution in [2.24, 2.45) is 0 Å². The van der Waals surface area contributed by atoms with E-state index in [0.29, 0.717) is 54.9 Å². The zero-order valence-electron chi connectivity index (χ0n) is 23.1. The van der Waals surface area contributed by atoms with E-state index in [1.807, 2.05) is 24.3 Å². The van der Waals surface area contributed by atoms with Crippen molar-refractivity contribution in [1.29, 1.82) is 0 Å². The predicted octanol–water partition coefficient (Wildman–Crippen LogP) is 6.05. The van der Waals surface area contributed by atoms with E-state index in [0.717, 1.165) is 48.8 Å². The highest BCUT2D eigenvalue weighted by Gasteiger charge is 2.13. The van der Waals surface area contributed by atoms with Gasteiger partial charge >= 0.3 is 11.9 Å². The molecule has 0 aliphatic rings. The first-order valence-electron chi connectivity index (χ1n) is 13.7. The summed E-state index contributed by atoms with van der Waals surface area (Å²) in [6.07, 6.45) is 9.56. The average Bonchev–Trinajstić information content (AvgIpc) is 2.95. The van der Waals surface area contributed by atoms with Crippen LogP contribution in [0.3, 0.4) is 0 Å². The number of aryl methyl sites for hydroxylation is 1. The summed E-state index contributed by atoms with van der Waals surface area (Å²) in [6, 6.07) is 10.8. The Hall–Kier alpha value is -4.07. The van der Waals surface area contributed by atoms with Crippen LogP contribution in [0.25, 0.3) is 11.0 Å². The van der Waals surface area contributed by atoms with Gasteiger partial charge in [-0.15, -0.1) is 6.58 Å². The molecule has 1 aromatic heterocycles. The highest BCUT2D eigenvalue weighted by Crippen LogP contribution is 2.28. The number of carboxylic acid groups (broad SMARTS) is 1. The van der Waals surface area contributed by atoms with Crippen molar-refractivity contribution in [2.45, 2.75) is 64.2 Å². The number of esters is 1. The Morgan fingerprint density at radius 2 is 1.65 bits per heavy atom. The molecule has 214 valence electrons. The summed E-state index contributed by atoms with van der Waals surface area (Å²) in [5.74, 6) is 0.250. The van der Waals surface area contributed by atoms with Gasteiger partial charge in [0.05, 0.1) is 32.0 Å². The lowest BCUT2D eigenvalue weighted by molar-refractivity contribution is -0.141. The predicted molar refractivity (Wildman–Crippen MR) is 153 cm³/mol. The van der Waals surface area contributed by atoms with E-state index >= 15 is 0 Å². The lowest BCUT2D eigenvalue weighted by atomic mass is 9.97. The van der Waals surface area contributed by atoms with E-state index in [1.54, 1.807) is 12.1 Å². The molecule has 0 atom stereocenters. The lowest BCUT2D eigenvalue weighted by Crippen LogP contribution is -2.08. The van der Waals surface area contributed by atoms with Gasteiger partial charge in [-0.2, -0.15) is 0 Å². The zero-order valence-corrected chi connectivity index (χ0v) is 23.1. The van der Waals surface area contributed by atoms with Crippen molar-refractivity contribution >= 4 is 22.9 Å². The van der Waals surface area contributed by atoms with Crippen LogP contribution < -0.4 is 14.9 Å². The zero-order chi connectivity index (χ0) is 28.7. The van der Waals surface area contributed by atoms with Gasteiger partial charge in [0.15, 0.2) is 5.43 Å². The maximum Gasteiger partial charge on any atom is 0.305 e. The van der Waals surface area contributed by atoms with Crippen LogP contribution in [0.1, 0.15) is 61.6 Å². The van der Waals surface area contributed by atoms with Gasteiger partial charge in [0.2, 0.25) is 0 Å². The Bertz CT molecular complexity index is 1340. The summed E-state index contributed by atoms with van der Waals surface area (Å²) >= 11 is 0. The molecule has 0 radical (unpaired) electrons. The molecule has 0 amide bonds. The Balaban J connectivity index is 1.50. The van der Waals surface area contributed by atoms with Gasteiger partial charge in [-0.3, -0.25) is 14.4 Å². The van der Waals surface area contributed by atoms with Gasteiger partial charge in [-0.05, 0) is 67.9 Å². The minimum atomic E-state index is -0.851. The third kappa shape index (κ3) is 9.00. The van der Waals surface area contributed by atoms with Crippen molar-refractivity contribution in [2.75, 3.05) is 20.3 Å². The molecule has 3 aromatic rings. The number of rotatable bonds is 18. The molecule has 40 heavy (non-hydrogen) atoms. The largest absolute Gasteiger partial charge is 0.493 e. The summed E-state index contributed by atoms with van der Waals surface area (Å²) in [5, 5.41) is 9.75.